The van der Waals surface area contributed by atoms with Crippen molar-refractivity contribution in [3.05, 3.63) is 152 Å². The third kappa shape index (κ3) is 8.14. The molecule has 0 unspecified atom stereocenters. The van der Waals surface area contributed by atoms with Crippen LogP contribution in [-0.4, -0.2) is 37.9 Å². The summed E-state index contributed by atoms with van der Waals surface area (Å²) in [5, 5.41) is 43.9. The molecule has 0 aromatic heterocycles. The fourth-order valence-corrected chi connectivity index (χ4v) is 4.64. The number of amides is 1. The summed E-state index contributed by atoms with van der Waals surface area (Å²) in [6.07, 6.45) is 0. The second kappa shape index (κ2) is 15.1. The predicted octanol–water partition coefficient (Wildman–Crippen LogP) is 7.28. The van der Waals surface area contributed by atoms with Crippen molar-refractivity contribution in [2.45, 2.75) is 6.61 Å². The van der Waals surface area contributed by atoms with Crippen LogP contribution in [0.2, 0.25) is 0 Å². The highest BCUT2D eigenvalue weighted by molar-refractivity contribution is 6.13. The Morgan fingerprint density at radius 2 is 1.04 bits per heavy atom. The van der Waals surface area contributed by atoms with Gasteiger partial charge in [0.2, 0.25) is 0 Å². The molecule has 16 nitrogen and oxygen atoms in total. The molecule has 0 heterocycles. The lowest BCUT2D eigenvalue weighted by Gasteiger charge is -2.11. The molecule has 0 bridgehead atoms. The number of ether oxygens (including phenoxy) is 2. The minimum Gasteiger partial charge on any atom is -0.478 e. The van der Waals surface area contributed by atoms with Crippen LogP contribution in [0.4, 0.5) is 22.7 Å². The quantitative estimate of drug-likeness (QED) is 0.0668. The topological polar surface area (TPSA) is 230 Å². The predicted molar refractivity (Wildman–Crippen MR) is 176 cm³/mol. The van der Waals surface area contributed by atoms with Gasteiger partial charge in [-0.05, 0) is 84.9 Å². The summed E-state index contributed by atoms with van der Waals surface area (Å²) < 4.78 is 11.7. The van der Waals surface area contributed by atoms with Gasteiger partial charge in [0, 0.05) is 17.8 Å². The van der Waals surface area contributed by atoms with Gasteiger partial charge in [-0.25, -0.2) is 9.59 Å². The number of aromatic carboxylic acids is 2. The Morgan fingerprint density at radius 3 is 1.52 bits per heavy atom. The van der Waals surface area contributed by atoms with Crippen LogP contribution in [0.1, 0.15) is 36.6 Å². The molecule has 16 heteroatoms. The van der Waals surface area contributed by atoms with Crippen molar-refractivity contribution < 1.29 is 48.8 Å². The summed E-state index contributed by atoms with van der Waals surface area (Å²) >= 11 is 0. The van der Waals surface area contributed by atoms with Crippen molar-refractivity contribution in [3.63, 3.8) is 0 Å². The van der Waals surface area contributed by atoms with E-state index in [1.165, 1.54) is 36.4 Å². The van der Waals surface area contributed by atoms with Gasteiger partial charge in [-0.3, -0.25) is 35.3 Å². The van der Waals surface area contributed by atoms with Crippen LogP contribution < -0.4 is 20.3 Å². The summed E-state index contributed by atoms with van der Waals surface area (Å²) in [4.78, 5) is 62.4. The van der Waals surface area contributed by atoms with Crippen molar-refractivity contribution in [1.82, 2.24) is 0 Å². The molecule has 0 aliphatic carbocycles. The SMILES string of the molecule is O=C(O)c1cccc([N+](=O)[O-])c1CONc1ccc(Oc2ccc(Oc3ccc(NC(=O)c4c(C(=O)O)cccc4[N+](=O)[O-])cc3)cc2)cc1. The first kappa shape index (κ1) is 34.0. The third-order valence-electron chi connectivity index (χ3n) is 6.94. The summed E-state index contributed by atoms with van der Waals surface area (Å²) in [5.74, 6) is -1.92. The fourth-order valence-electron chi connectivity index (χ4n) is 4.64. The number of carbonyl (C=O) groups is 3. The number of hydrogen-bond donors (Lipinski definition) is 4. The third-order valence-corrected chi connectivity index (χ3v) is 6.94. The van der Waals surface area contributed by atoms with Gasteiger partial charge in [0.25, 0.3) is 17.3 Å². The maximum atomic E-state index is 12.8. The second-order valence-electron chi connectivity index (χ2n) is 10.2. The molecule has 5 rings (SSSR count). The van der Waals surface area contributed by atoms with Crippen LogP contribution in [0.25, 0.3) is 0 Å². The zero-order chi connectivity index (χ0) is 35.8. The van der Waals surface area contributed by atoms with Gasteiger partial charge in [0.1, 0.15) is 35.2 Å². The Kier molecular flexibility index (Phi) is 10.2. The van der Waals surface area contributed by atoms with Crippen molar-refractivity contribution >= 4 is 40.6 Å². The molecule has 0 aliphatic heterocycles. The van der Waals surface area contributed by atoms with Gasteiger partial charge in [-0.2, -0.15) is 0 Å². The summed E-state index contributed by atoms with van der Waals surface area (Å²) in [6.45, 7) is -0.372. The lowest BCUT2D eigenvalue weighted by Crippen LogP contribution is -2.18. The summed E-state index contributed by atoms with van der Waals surface area (Å²) in [6, 6.07) is 26.3. The number of nitro benzene ring substituents is 2. The zero-order valence-corrected chi connectivity index (χ0v) is 25.5. The van der Waals surface area contributed by atoms with E-state index >= 15 is 0 Å². The number of nitrogens with zero attached hydrogens (tertiary/aromatic N) is 2. The van der Waals surface area contributed by atoms with E-state index in [1.54, 1.807) is 60.7 Å². The number of nitrogens with one attached hydrogen (secondary N) is 2. The molecule has 0 radical (unpaired) electrons. The van der Waals surface area contributed by atoms with Crippen molar-refractivity contribution in [1.29, 1.82) is 0 Å². The molecule has 0 saturated heterocycles. The van der Waals surface area contributed by atoms with Crippen LogP contribution >= 0.6 is 0 Å². The summed E-state index contributed by atoms with van der Waals surface area (Å²) in [7, 11) is 0. The number of carboxylic acids is 2. The Hall–Kier alpha value is -7.33. The van der Waals surface area contributed by atoms with Gasteiger partial charge >= 0.3 is 11.9 Å². The van der Waals surface area contributed by atoms with E-state index in [-0.39, 0.29) is 29.1 Å². The highest BCUT2D eigenvalue weighted by Gasteiger charge is 2.27. The first-order chi connectivity index (χ1) is 24.0. The molecule has 4 N–H and O–H groups in total. The number of carbonyl (C=O) groups excluding carboxylic acids is 1. The van der Waals surface area contributed by atoms with Crippen LogP contribution in [0.15, 0.2) is 109 Å². The molecule has 0 atom stereocenters. The maximum Gasteiger partial charge on any atom is 0.336 e. The number of benzene rings is 5. The molecule has 0 fully saturated rings. The van der Waals surface area contributed by atoms with Crippen LogP contribution in [-0.2, 0) is 11.4 Å². The van der Waals surface area contributed by atoms with Gasteiger partial charge < -0.3 is 25.0 Å². The van der Waals surface area contributed by atoms with E-state index in [1.807, 2.05) is 0 Å². The van der Waals surface area contributed by atoms with E-state index in [0.717, 1.165) is 12.1 Å². The van der Waals surface area contributed by atoms with Crippen molar-refractivity contribution in [2.24, 2.45) is 0 Å². The molecule has 0 spiro atoms. The molecule has 0 aliphatic rings. The first-order valence-corrected chi connectivity index (χ1v) is 14.4. The molecule has 5 aromatic carbocycles. The minimum atomic E-state index is -1.48. The molecular formula is C34H24N4O12. The largest absolute Gasteiger partial charge is 0.478 e. The van der Waals surface area contributed by atoms with Crippen LogP contribution in [0.5, 0.6) is 23.0 Å². The Bertz CT molecular complexity index is 2020. The molecule has 50 heavy (non-hydrogen) atoms. The second-order valence-corrected chi connectivity index (χ2v) is 10.2. The fraction of sp³-hybridized carbons (Fsp3) is 0.0294. The van der Waals surface area contributed by atoms with Crippen molar-refractivity contribution in [2.75, 3.05) is 10.8 Å². The van der Waals surface area contributed by atoms with E-state index in [2.05, 4.69) is 10.8 Å². The molecule has 252 valence electrons. The lowest BCUT2D eigenvalue weighted by atomic mass is 10.0. The number of carboxylic acid groups (broad SMARTS) is 2. The average Bonchev–Trinajstić information content (AvgIpc) is 3.10. The molecule has 1 amide bonds. The lowest BCUT2D eigenvalue weighted by molar-refractivity contribution is -0.386. The molecule has 0 saturated carbocycles. The summed E-state index contributed by atoms with van der Waals surface area (Å²) in [5.41, 5.74) is 0.961. The Morgan fingerprint density at radius 1 is 0.600 bits per heavy atom. The molecular weight excluding hydrogens is 656 g/mol. The van der Waals surface area contributed by atoms with E-state index in [4.69, 9.17) is 14.3 Å². The monoisotopic (exact) mass is 680 g/mol. The molecule has 5 aromatic rings. The van der Waals surface area contributed by atoms with Crippen molar-refractivity contribution in [3.8, 4) is 23.0 Å². The smallest absolute Gasteiger partial charge is 0.336 e. The first-order valence-electron chi connectivity index (χ1n) is 14.4. The van der Waals surface area contributed by atoms with Crippen LogP contribution in [0, 0.1) is 20.2 Å². The Balaban J connectivity index is 1.14. The van der Waals surface area contributed by atoms with E-state index in [0.29, 0.717) is 28.7 Å². The zero-order valence-electron chi connectivity index (χ0n) is 25.5. The maximum absolute atomic E-state index is 12.8. The normalized spacial score (nSPS) is 10.5. The number of nitro groups is 2. The standard InChI is InChI=1S/C34H24N4O12/c39-32(31-27(34(42)43)4-2-6-30(31)38(46)47)35-20-7-11-22(12-8-20)49-24-15-17-25(18-16-24)50-23-13-9-21(10-14-23)36-48-19-28-26(33(40)41)3-1-5-29(28)37(44)45/h1-18,36H,19H2,(H,35,39)(H,40,41)(H,42,43). The van der Waals surface area contributed by atoms with Gasteiger partial charge in [0.05, 0.1) is 32.2 Å². The number of hydrogen-bond acceptors (Lipinski definition) is 11. The number of anilines is 2. The highest BCUT2D eigenvalue weighted by Crippen LogP contribution is 2.30. The van der Waals surface area contributed by atoms with Gasteiger partial charge in [-0.15, -0.1) is 0 Å². The van der Waals surface area contributed by atoms with Gasteiger partial charge in [0.15, 0.2) is 0 Å². The minimum absolute atomic E-state index is 0.0816. The Labute approximate surface area is 281 Å². The van der Waals surface area contributed by atoms with Gasteiger partial charge in [-0.1, -0.05) is 12.1 Å². The van der Waals surface area contributed by atoms with E-state index in [9.17, 15) is 44.8 Å². The average molecular weight is 681 g/mol. The highest BCUT2D eigenvalue weighted by atomic mass is 16.6. The van der Waals surface area contributed by atoms with Crippen LogP contribution in [0.3, 0.4) is 0 Å². The number of rotatable bonds is 14. The van der Waals surface area contributed by atoms with E-state index < -0.39 is 44.5 Å².